The van der Waals surface area contributed by atoms with Crippen LogP contribution in [-0.2, 0) is 0 Å². The van der Waals surface area contributed by atoms with E-state index in [9.17, 15) is 0 Å². The Hall–Kier alpha value is -0.820. The van der Waals surface area contributed by atoms with E-state index in [1.165, 1.54) is 42.4 Å². The van der Waals surface area contributed by atoms with Crippen LogP contribution >= 0.6 is 0 Å². The zero-order valence-corrected chi connectivity index (χ0v) is 12.3. The number of hydrogen-bond acceptors (Lipinski definition) is 1. The highest BCUT2D eigenvalue weighted by atomic mass is 14.9. The number of nitrogens with one attached hydrogen (secondary N) is 1. The van der Waals surface area contributed by atoms with Crippen molar-refractivity contribution in [2.45, 2.75) is 52.5 Å². The first-order chi connectivity index (χ1) is 8.67. The predicted octanol–water partition coefficient (Wildman–Crippen LogP) is 4.39. The van der Waals surface area contributed by atoms with Crippen LogP contribution in [0.5, 0.6) is 0 Å². The molecule has 1 aliphatic carbocycles. The van der Waals surface area contributed by atoms with Crippen LogP contribution in [0, 0.1) is 25.7 Å². The average molecular weight is 245 g/mol. The molecule has 0 spiro atoms. The van der Waals surface area contributed by atoms with Crippen LogP contribution in [0.2, 0.25) is 0 Å². The molecule has 0 aromatic heterocycles. The van der Waals surface area contributed by atoms with Crippen molar-refractivity contribution in [3.05, 3.63) is 34.9 Å². The van der Waals surface area contributed by atoms with Gasteiger partial charge in [0, 0.05) is 6.04 Å². The van der Waals surface area contributed by atoms with Gasteiger partial charge in [0.05, 0.1) is 0 Å². The SMILES string of the molecule is CCC1CCC(C(NC)c2cccc(C)c2C)C1. The molecule has 0 amide bonds. The van der Waals surface area contributed by atoms with Crippen LogP contribution < -0.4 is 5.32 Å². The molecule has 1 saturated carbocycles. The molecule has 1 N–H and O–H groups in total. The minimum Gasteiger partial charge on any atom is -0.313 e. The van der Waals surface area contributed by atoms with E-state index in [2.05, 4.69) is 51.3 Å². The van der Waals surface area contributed by atoms with Crippen molar-refractivity contribution in [3.63, 3.8) is 0 Å². The van der Waals surface area contributed by atoms with Gasteiger partial charge in [0.2, 0.25) is 0 Å². The third-order valence-electron chi connectivity index (χ3n) is 4.92. The second-order valence-corrected chi connectivity index (χ2v) is 5.90. The molecule has 100 valence electrons. The summed E-state index contributed by atoms with van der Waals surface area (Å²) >= 11 is 0. The van der Waals surface area contributed by atoms with E-state index < -0.39 is 0 Å². The van der Waals surface area contributed by atoms with E-state index in [0.717, 1.165) is 11.8 Å². The van der Waals surface area contributed by atoms with Crippen molar-refractivity contribution < 1.29 is 0 Å². The maximum atomic E-state index is 3.57. The van der Waals surface area contributed by atoms with E-state index in [0.29, 0.717) is 6.04 Å². The Bertz CT molecular complexity index is 397. The van der Waals surface area contributed by atoms with Crippen LogP contribution in [0.15, 0.2) is 18.2 Å². The molecule has 1 heteroatoms. The summed E-state index contributed by atoms with van der Waals surface area (Å²) in [6.07, 6.45) is 5.55. The highest BCUT2D eigenvalue weighted by Crippen LogP contribution is 2.41. The molecule has 0 bridgehead atoms. The Morgan fingerprint density at radius 1 is 1.28 bits per heavy atom. The van der Waals surface area contributed by atoms with Crippen molar-refractivity contribution in [2.75, 3.05) is 7.05 Å². The van der Waals surface area contributed by atoms with Gasteiger partial charge in [-0.2, -0.15) is 0 Å². The highest BCUT2D eigenvalue weighted by Gasteiger charge is 2.30. The topological polar surface area (TPSA) is 12.0 Å². The summed E-state index contributed by atoms with van der Waals surface area (Å²) in [6, 6.07) is 7.27. The van der Waals surface area contributed by atoms with Gasteiger partial charge in [-0.05, 0) is 62.3 Å². The van der Waals surface area contributed by atoms with Gasteiger partial charge < -0.3 is 5.32 Å². The minimum absolute atomic E-state index is 0.543. The van der Waals surface area contributed by atoms with Crippen LogP contribution in [0.25, 0.3) is 0 Å². The largest absolute Gasteiger partial charge is 0.313 e. The van der Waals surface area contributed by atoms with Crippen molar-refractivity contribution >= 4 is 0 Å². The highest BCUT2D eigenvalue weighted by molar-refractivity contribution is 5.35. The molecular weight excluding hydrogens is 218 g/mol. The van der Waals surface area contributed by atoms with Crippen LogP contribution in [0.4, 0.5) is 0 Å². The fraction of sp³-hybridized carbons (Fsp3) is 0.647. The molecule has 0 saturated heterocycles. The molecule has 0 radical (unpaired) electrons. The smallest absolute Gasteiger partial charge is 0.0348 e. The Morgan fingerprint density at radius 3 is 2.67 bits per heavy atom. The molecule has 0 heterocycles. The molecule has 3 atom stereocenters. The molecule has 1 aromatic rings. The lowest BCUT2D eigenvalue weighted by atomic mass is 9.87. The van der Waals surface area contributed by atoms with Crippen LogP contribution in [0.1, 0.15) is 55.3 Å². The zero-order chi connectivity index (χ0) is 13.1. The summed E-state index contributed by atoms with van der Waals surface area (Å²) < 4.78 is 0. The third kappa shape index (κ3) is 2.61. The van der Waals surface area contributed by atoms with Gasteiger partial charge in [-0.1, -0.05) is 38.0 Å². The first-order valence-electron chi connectivity index (χ1n) is 7.40. The van der Waals surface area contributed by atoms with E-state index in [-0.39, 0.29) is 0 Å². The number of hydrogen-bond donors (Lipinski definition) is 1. The van der Waals surface area contributed by atoms with Gasteiger partial charge in [0.25, 0.3) is 0 Å². The van der Waals surface area contributed by atoms with Crippen molar-refractivity contribution in [1.82, 2.24) is 5.32 Å². The van der Waals surface area contributed by atoms with Gasteiger partial charge in [-0.15, -0.1) is 0 Å². The average Bonchev–Trinajstić information content (AvgIpc) is 2.84. The fourth-order valence-electron chi connectivity index (χ4n) is 3.54. The van der Waals surface area contributed by atoms with Crippen molar-refractivity contribution in [2.24, 2.45) is 11.8 Å². The van der Waals surface area contributed by atoms with Gasteiger partial charge in [-0.25, -0.2) is 0 Å². The standard InChI is InChI=1S/C17H27N/c1-5-14-9-10-15(11-14)17(18-4)16-8-6-7-12(2)13(16)3/h6-8,14-15,17-18H,5,9-11H2,1-4H3. The summed E-state index contributed by atoms with van der Waals surface area (Å²) in [5.41, 5.74) is 4.40. The first kappa shape index (κ1) is 13.6. The molecule has 3 unspecified atom stereocenters. The molecule has 1 aromatic carbocycles. The van der Waals surface area contributed by atoms with E-state index >= 15 is 0 Å². The van der Waals surface area contributed by atoms with E-state index in [1.54, 1.807) is 0 Å². The van der Waals surface area contributed by atoms with E-state index in [1.807, 2.05) is 0 Å². The lowest BCUT2D eigenvalue weighted by Gasteiger charge is -2.26. The normalized spacial score (nSPS) is 25.3. The molecule has 1 fully saturated rings. The lowest BCUT2D eigenvalue weighted by molar-refractivity contribution is 0.371. The summed E-state index contributed by atoms with van der Waals surface area (Å²) in [4.78, 5) is 0. The molecule has 1 nitrogen and oxygen atoms in total. The molecule has 2 rings (SSSR count). The molecule has 1 aliphatic rings. The molecular formula is C17H27N. The Morgan fingerprint density at radius 2 is 2.06 bits per heavy atom. The van der Waals surface area contributed by atoms with Gasteiger partial charge in [-0.3, -0.25) is 0 Å². The van der Waals surface area contributed by atoms with Crippen LogP contribution in [0.3, 0.4) is 0 Å². The summed E-state index contributed by atoms with van der Waals surface area (Å²) in [5.74, 6) is 1.77. The molecule has 18 heavy (non-hydrogen) atoms. The van der Waals surface area contributed by atoms with Crippen LogP contribution in [-0.4, -0.2) is 7.05 Å². The summed E-state index contributed by atoms with van der Waals surface area (Å²) in [7, 11) is 2.12. The zero-order valence-electron chi connectivity index (χ0n) is 12.3. The minimum atomic E-state index is 0.543. The van der Waals surface area contributed by atoms with E-state index in [4.69, 9.17) is 0 Å². The Labute approximate surface area is 112 Å². The molecule has 0 aliphatic heterocycles. The van der Waals surface area contributed by atoms with Gasteiger partial charge in [0.15, 0.2) is 0 Å². The number of rotatable bonds is 4. The monoisotopic (exact) mass is 245 g/mol. The van der Waals surface area contributed by atoms with Crippen molar-refractivity contribution in [3.8, 4) is 0 Å². The second kappa shape index (κ2) is 5.88. The third-order valence-corrected chi connectivity index (χ3v) is 4.92. The maximum Gasteiger partial charge on any atom is 0.0348 e. The summed E-state index contributed by atoms with van der Waals surface area (Å²) in [5, 5.41) is 3.57. The maximum absolute atomic E-state index is 3.57. The first-order valence-corrected chi connectivity index (χ1v) is 7.40. The Kier molecular flexibility index (Phi) is 4.45. The van der Waals surface area contributed by atoms with Crippen molar-refractivity contribution in [1.29, 1.82) is 0 Å². The number of aryl methyl sites for hydroxylation is 1. The predicted molar refractivity (Wildman–Crippen MR) is 78.8 cm³/mol. The summed E-state index contributed by atoms with van der Waals surface area (Å²) in [6.45, 7) is 6.82. The van der Waals surface area contributed by atoms with Gasteiger partial charge in [0.1, 0.15) is 0 Å². The quantitative estimate of drug-likeness (QED) is 0.829. The van der Waals surface area contributed by atoms with Gasteiger partial charge >= 0.3 is 0 Å². The lowest BCUT2D eigenvalue weighted by Crippen LogP contribution is -2.24. The fourth-order valence-corrected chi connectivity index (χ4v) is 3.54. The second-order valence-electron chi connectivity index (χ2n) is 5.90. The number of benzene rings is 1. The Balaban J connectivity index is 2.21.